The lowest BCUT2D eigenvalue weighted by Crippen LogP contribution is -2.26. The molecule has 1 aromatic rings. The molecule has 1 fully saturated rings. The van der Waals surface area contributed by atoms with Gasteiger partial charge >= 0.3 is 0 Å². The third-order valence-corrected chi connectivity index (χ3v) is 3.45. The summed E-state index contributed by atoms with van der Waals surface area (Å²) in [5, 5.41) is 0.566. The fourth-order valence-corrected chi connectivity index (χ4v) is 2.41. The lowest BCUT2D eigenvalue weighted by atomic mass is 9.90. The molecule has 5 heteroatoms. The Morgan fingerprint density at radius 1 is 1.22 bits per heavy atom. The van der Waals surface area contributed by atoms with E-state index in [1.165, 1.54) is 18.9 Å². The predicted molar refractivity (Wildman–Crippen MR) is 66.1 cm³/mol. The van der Waals surface area contributed by atoms with Crippen molar-refractivity contribution >= 4 is 29.1 Å². The van der Waals surface area contributed by atoms with E-state index in [9.17, 15) is 14.4 Å². The number of carbonyl (C=O) groups excluding carboxylic acids is 3. The van der Waals surface area contributed by atoms with Crippen molar-refractivity contribution in [2.24, 2.45) is 5.92 Å². The molecule has 1 aliphatic heterocycles. The Morgan fingerprint density at radius 3 is 2.28 bits per heavy atom. The standard InChI is InChI=1S/C13H12ClNO3/c1-7(16)10-11(15(2)13(18)12(10)17)8-3-5-9(14)6-4-8/h3-6,10-11H,1-2H3. The van der Waals surface area contributed by atoms with Crippen molar-refractivity contribution < 1.29 is 14.4 Å². The van der Waals surface area contributed by atoms with Crippen LogP contribution in [-0.4, -0.2) is 29.4 Å². The number of benzene rings is 1. The molecule has 2 atom stereocenters. The number of ketones is 2. The van der Waals surface area contributed by atoms with Crippen LogP contribution in [-0.2, 0) is 14.4 Å². The van der Waals surface area contributed by atoms with Crippen LogP contribution in [0.2, 0.25) is 5.02 Å². The van der Waals surface area contributed by atoms with Crippen molar-refractivity contribution in [3.63, 3.8) is 0 Å². The first-order valence-electron chi connectivity index (χ1n) is 5.50. The fourth-order valence-electron chi connectivity index (χ4n) is 2.28. The lowest BCUT2D eigenvalue weighted by molar-refractivity contribution is -0.141. The summed E-state index contributed by atoms with van der Waals surface area (Å²) in [6, 6.07) is 6.28. The molecule has 0 N–H and O–H groups in total. The van der Waals surface area contributed by atoms with Crippen LogP contribution in [0.15, 0.2) is 24.3 Å². The van der Waals surface area contributed by atoms with Gasteiger partial charge in [-0.15, -0.1) is 0 Å². The maximum Gasteiger partial charge on any atom is 0.291 e. The molecule has 94 valence electrons. The van der Waals surface area contributed by atoms with E-state index in [1.54, 1.807) is 24.3 Å². The molecular formula is C13H12ClNO3. The summed E-state index contributed by atoms with van der Waals surface area (Å²) >= 11 is 5.80. The van der Waals surface area contributed by atoms with Gasteiger partial charge in [-0.3, -0.25) is 14.4 Å². The van der Waals surface area contributed by atoms with Gasteiger partial charge in [-0.25, -0.2) is 0 Å². The van der Waals surface area contributed by atoms with Gasteiger partial charge in [0, 0.05) is 12.1 Å². The van der Waals surface area contributed by atoms with Gasteiger partial charge in [-0.1, -0.05) is 23.7 Å². The minimum absolute atomic E-state index is 0.294. The highest BCUT2D eigenvalue weighted by atomic mass is 35.5. The fraction of sp³-hybridized carbons (Fsp3) is 0.308. The van der Waals surface area contributed by atoms with Crippen LogP contribution < -0.4 is 0 Å². The van der Waals surface area contributed by atoms with Gasteiger partial charge in [0.05, 0.1) is 6.04 Å². The number of likely N-dealkylation sites (N-methyl/N-ethyl adjacent to an activating group) is 1. The second-order valence-electron chi connectivity index (χ2n) is 4.37. The van der Waals surface area contributed by atoms with E-state index in [2.05, 4.69) is 0 Å². The van der Waals surface area contributed by atoms with E-state index in [4.69, 9.17) is 11.6 Å². The van der Waals surface area contributed by atoms with E-state index in [1.807, 2.05) is 0 Å². The number of hydrogen-bond donors (Lipinski definition) is 0. The smallest absolute Gasteiger partial charge is 0.291 e. The second-order valence-corrected chi connectivity index (χ2v) is 4.80. The van der Waals surface area contributed by atoms with Crippen molar-refractivity contribution in [1.29, 1.82) is 0 Å². The molecule has 1 heterocycles. The van der Waals surface area contributed by atoms with Crippen LogP contribution in [0.4, 0.5) is 0 Å². The van der Waals surface area contributed by atoms with Crippen molar-refractivity contribution in [2.45, 2.75) is 13.0 Å². The van der Waals surface area contributed by atoms with Crippen molar-refractivity contribution in [3.8, 4) is 0 Å². The zero-order valence-electron chi connectivity index (χ0n) is 10.0. The molecule has 4 nitrogen and oxygen atoms in total. The molecular weight excluding hydrogens is 254 g/mol. The maximum atomic E-state index is 11.8. The Hall–Kier alpha value is -1.68. The molecule has 1 aliphatic rings. The zero-order chi connectivity index (χ0) is 13.4. The molecule has 1 amide bonds. The van der Waals surface area contributed by atoms with Gasteiger partial charge in [-0.05, 0) is 24.6 Å². The SMILES string of the molecule is CC(=O)C1C(=O)C(=O)N(C)C1c1ccc(Cl)cc1. The molecule has 0 radical (unpaired) electrons. The molecule has 2 rings (SSSR count). The van der Waals surface area contributed by atoms with Crippen molar-refractivity contribution in [2.75, 3.05) is 7.05 Å². The topological polar surface area (TPSA) is 54.5 Å². The quantitative estimate of drug-likeness (QED) is 0.603. The first-order chi connectivity index (χ1) is 8.43. The predicted octanol–water partition coefficient (Wildman–Crippen LogP) is 1.63. The highest BCUT2D eigenvalue weighted by Crippen LogP contribution is 2.35. The number of carbonyl (C=O) groups is 3. The first kappa shape index (κ1) is 12.8. The molecule has 2 unspecified atom stereocenters. The average molecular weight is 266 g/mol. The summed E-state index contributed by atoms with van der Waals surface area (Å²) in [6.45, 7) is 1.33. The summed E-state index contributed by atoms with van der Waals surface area (Å²) in [5.41, 5.74) is 0.737. The summed E-state index contributed by atoms with van der Waals surface area (Å²) < 4.78 is 0. The number of halogens is 1. The van der Waals surface area contributed by atoms with Gasteiger partial charge < -0.3 is 4.90 Å². The van der Waals surface area contributed by atoms with E-state index in [0.29, 0.717) is 5.02 Å². The summed E-state index contributed by atoms with van der Waals surface area (Å²) in [4.78, 5) is 36.3. The van der Waals surface area contributed by atoms with Gasteiger partial charge in [0.2, 0.25) is 5.78 Å². The Kier molecular flexibility index (Phi) is 3.22. The van der Waals surface area contributed by atoms with Crippen LogP contribution in [0.1, 0.15) is 18.5 Å². The minimum Gasteiger partial charge on any atom is -0.331 e. The van der Waals surface area contributed by atoms with E-state index < -0.39 is 23.7 Å². The minimum atomic E-state index is -0.913. The molecule has 0 saturated carbocycles. The van der Waals surface area contributed by atoms with Crippen LogP contribution >= 0.6 is 11.6 Å². The normalized spacial score (nSPS) is 23.6. The largest absolute Gasteiger partial charge is 0.331 e. The van der Waals surface area contributed by atoms with Gasteiger partial charge in [0.1, 0.15) is 11.7 Å². The Labute approximate surface area is 110 Å². The third kappa shape index (κ3) is 1.93. The summed E-state index contributed by atoms with van der Waals surface area (Å²) in [7, 11) is 1.53. The van der Waals surface area contributed by atoms with Crippen LogP contribution in [0.25, 0.3) is 0 Å². The maximum absolute atomic E-state index is 11.8. The Morgan fingerprint density at radius 2 is 1.78 bits per heavy atom. The van der Waals surface area contributed by atoms with E-state index >= 15 is 0 Å². The van der Waals surface area contributed by atoms with Crippen molar-refractivity contribution in [1.82, 2.24) is 4.90 Å². The van der Waals surface area contributed by atoms with Gasteiger partial charge in [0.15, 0.2) is 0 Å². The third-order valence-electron chi connectivity index (χ3n) is 3.20. The molecule has 18 heavy (non-hydrogen) atoms. The lowest BCUT2D eigenvalue weighted by Gasteiger charge is -2.22. The first-order valence-corrected chi connectivity index (χ1v) is 5.88. The molecule has 0 bridgehead atoms. The highest BCUT2D eigenvalue weighted by molar-refractivity contribution is 6.42. The van der Waals surface area contributed by atoms with Crippen LogP contribution in [0.3, 0.4) is 0 Å². The zero-order valence-corrected chi connectivity index (χ0v) is 10.8. The molecule has 0 spiro atoms. The van der Waals surface area contributed by atoms with Crippen molar-refractivity contribution in [3.05, 3.63) is 34.9 Å². The van der Waals surface area contributed by atoms with Crippen LogP contribution in [0, 0.1) is 5.92 Å². The average Bonchev–Trinajstić information content (AvgIpc) is 2.55. The number of hydrogen-bond acceptors (Lipinski definition) is 3. The summed E-state index contributed by atoms with van der Waals surface area (Å²) in [5.74, 6) is -2.46. The molecule has 1 saturated heterocycles. The second kappa shape index (κ2) is 4.53. The number of likely N-dealkylation sites (tertiary alicyclic amines) is 1. The van der Waals surface area contributed by atoms with Gasteiger partial charge in [-0.2, -0.15) is 0 Å². The van der Waals surface area contributed by atoms with E-state index in [0.717, 1.165) is 5.56 Å². The number of rotatable bonds is 2. The van der Waals surface area contributed by atoms with Gasteiger partial charge in [0.25, 0.3) is 5.91 Å². The molecule has 1 aromatic carbocycles. The Balaban J connectivity index is 2.46. The monoisotopic (exact) mass is 265 g/mol. The van der Waals surface area contributed by atoms with E-state index in [-0.39, 0.29) is 5.78 Å². The highest BCUT2D eigenvalue weighted by Gasteiger charge is 2.48. The Bertz CT molecular complexity index is 524. The number of amides is 1. The number of nitrogens with zero attached hydrogens (tertiary/aromatic N) is 1. The van der Waals surface area contributed by atoms with Crippen LogP contribution in [0.5, 0.6) is 0 Å². The number of Topliss-reactive ketones (excluding diaryl/α,β-unsaturated/α-hetero) is 2. The molecule has 0 aromatic heterocycles. The molecule has 0 aliphatic carbocycles. The summed E-state index contributed by atoms with van der Waals surface area (Å²) in [6.07, 6.45) is 0.